The molecule has 0 spiro atoms. The second-order valence-corrected chi connectivity index (χ2v) is 6.39. The molecule has 0 aliphatic heterocycles. The molecule has 1 atom stereocenters. The van der Waals surface area contributed by atoms with Gasteiger partial charge in [0, 0.05) is 11.9 Å². The van der Waals surface area contributed by atoms with Crippen LogP contribution in [-0.4, -0.2) is 15.0 Å². The lowest BCUT2D eigenvalue weighted by molar-refractivity contribution is 0.520. The molecule has 0 N–H and O–H groups in total. The van der Waals surface area contributed by atoms with Gasteiger partial charge in [-0.25, -0.2) is 4.79 Å². The molecule has 0 aliphatic rings. The van der Waals surface area contributed by atoms with E-state index in [2.05, 4.69) is 12.1 Å². The molecule has 3 aromatic rings. The van der Waals surface area contributed by atoms with Crippen LogP contribution in [-0.2, 0) is 0 Å². The minimum Gasteiger partial charge on any atom is -0.289 e. The van der Waals surface area contributed by atoms with Gasteiger partial charge in [-0.05, 0) is 38.0 Å². The molecule has 0 amide bonds. The molecule has 1 heterocycles. The predicted molar refractivity (Wildman–Crippen MR) is 96.5 cm³/mol. The maximum Gasteiger partial charge on any atom is 0.329 e. The van der Waals surface area contributed by atoms with Crippen LogP contribution in [0.2, 0.25) is 0 Å². The highest BCUT2D eigenvalue weighted by atomic mass is 35.5. The van der Waals surface area contributed by atoms with E-state index in [1.54, 1.807) is 0 Å². The third-order valence-corrected chi connectivity index (χ3v) is 4.43. The molecular formula is C19H21ClN2O. The summed E-state index contributed by atoms with van der Waals surface area (Å²) >= 11 is 6.05. The van der Waals surface area contributed by atoms with Gasteiger partial charge in [0.1, 0.15) is 0 Å². The van der Waals surface area contributed by atoms with Crippen molar-refractivity contribution in [3.63, 3.8) is 0 Å². The molecule has 3 nitrogen and oxygen atoms in total. The van der Waals surface area contributed by atoms with Gasteiger partial charge in [-0.2, -0.15) is 0 Å². The summed E-state index contributed by atoms with van der Waals surface area (Å²) in [4.78, 5) is 13.1. The number of nitrogens with zero attached hydrogens (tertiary/aromatic N) is 2. The van der Waals surface area contributed by atoms with Crippen LogP contribution in [0.25, 0.3) is 11.0 Å². The number of benzene rings is 2. The number of halogens is 1. The molecule has 0 saturated carbocycles. The van der Waals surface area contributed by atoms with Crippen LogP contribution in [0.3, 0.4) is 0 Å². The molecule has 1 aromatic heterocycles. The molecule has 0 aliphatic carbocycles. The minimum atomic E-state index is -0.0499. The van der Waals surface area contributed by atoms with Crippen LogP contribution in [0, 0.1) is 0 Å². The molecule has 3 rings (SSSR count). The van der Waals surface area contributed by atoms with Gasteiger partial charge in [-0.3, -0.25) is 9.13 Å². The zero-order chi connectivity index (χ0) is 16.4. The number of hydrogen-bond donors (Lipinski definition) is 0. The lowest BCUT2D eigenvalue weighted by atomic mass is 10.0. The molecule has 4 heteroatoms. The molecule has 23 heavy (non-hydrogen) atoms. The van der Waals surface area contributed by atoms with Crippen molar-refractivity contribution in [3.8, 4) is 0 Å². The first-order valence-electron chi connectivity index (χ1n) is 7.97. The summed E-state index contributed by atoms with van der Waals surface area (Å²) in [5, 5.41) is 0. The first-order chi connectivity index (χ1) is 11.1. The number of para-hydroxylation sites is 2. The molecule has 120 valence electrons. The fraction of sp³-hybridized carbons (Fsp3) is 0.316. The van der Waals surface area contributed by atoms with Crippen molar-refractivity contribution in [3.05, 3.63) is 70.6 Å². The van der Waals surface area contributed by atoms with Crippen molar-refractivity contribution < 1.29 is 0 Å². The number of fused-ring (bicyclic) bond motifs is 1. The van der Waals surface area contributed by atoms with E-state index in [0.717, 1.165) is 23.0 Å². The van der Waals surface area contributed by atoms with Crippen molar-refractivity contribution in [1.82, 2.24) is 9.13 Å². The molecular weight excluding hydrogens is 308 g/mol. The molecule has 0 saturated heterocycles. The van der Waals surface area contributed by atoms with Crippen LogP contribution in [0.5, 0.6) is 0 Å². The van der Waals surface area contributed by atoms with Gasteiger partial charge < -0.3 is 0 Å². The van der Waals surface area contributed by atoms with Gasteiger partial charge in [0.2, 0.25) is 0 Å². The third kappa shape index (κ3) is 2.81. The summed E-state index contributed by atoms with van der Waals surface area (Å²) in [6.45, 7) is 4.08. The van der Waals surface area contributed by atoms with Gasteiger partial charge in [0.05, 0.1) is 17.1 Å². The summed E-state index contributed by atoms with van der Waals surface area (Å²) in [5.74, 6) is 0.507. The Bertz CT molecular complexity index is 849. The van der Waals surface area contributed by atoms with Crippen molar-refractivity contribution in [1.29, 1.82) is 0 Å². The average molecular weight is 329 g/mol. The highest BCUT2D eigenvalue weighted by molar-refractivity contribution is 6.17. The van der Waals surface area contributed by atoms with Gasteiger partial charge >= 0.3 is 5.69 Å². The Balaban J connectivity index is 2.29. The average Bonchev–Trinajstić information content (AvgIpc) is 2.85. The second kappa shape index (κ2) is 6.63. The Morgan fingerprint density at radius 1 is 0.913 bits per heavy atom. The van der Waals surface area contributed by atoms with E-state index >= 15 is 0 Å². The standard InChI is InChI=1S/C19H21ClN2O/c1-14(2)21-17-10-6-7-11-18(17)22(19(21)23)16(12-13-20)15-8-4-3-5-9-15/h3-11,14,16H,12-13H2,1-2H3/t16-/m1/s1. The summed E-state index contributed by atoms with van der Waals surface area (Å²) in [6, 6.07) is 18.2. The number of rotatable bonds is 5. The fourth-order valence-corrected chi connectivity index (χ4v) is 3.42. The molecule has 2 aromatic carbocycles. The van der Waals surface area contributed by atoms with Gasteiger partial charge in [-0.15, -0.1) is 11.6 Å². The summed E-state index contributed by atoms with van der Waals surface area (Å²) in [5.41, 5.74) is 3.08. The number of aromatic nitrogens is 2. The molecule has 0 fully saturated rings. The van der Waals surface area contributed by atoms with E-state index in [1.165, 1.54) is 0 Å². The van der Waals surface area contributed by atoms with Gasteiger partial charge in [0.15, 0.2) is 0 Å². The minimum absolute atomic E-state index is 0.0279. The van der Waals surface area contributed by atoms with E-state index in [1.807, 2.05) is 65.4 Å². The van der Waals surface area contributed by atoms with E-state index in [-0.39, 0.29) is 17.8 Å². The van der Waals surface area contributed by atoms with E-state index in [0.29, 0.717) is 5.88 Å². The van der Waals surface area contributed by atoms with Crippen LogP contribution >= 0.6 is 11.6 Å². The number of hydrogen-bond acceptors (Lipinski definition) is 1. The Kier molecular flexibility index (Phi) is 4.58. The molecule has 0 radical (unpaired) electrons. The fourth-order valence-electron chi connectivity index (χ4n) is 3.22. The van der Waals surface area contributed by atoms with Crippen LogP contribution in [0.4, 0.5) is 0 Å². The third-order valence-electron chi connectivity index (χ3n) is 4.21. The predicted octanol–water partition coefficient (Wildman–Crippen LogP) is 4.60. The maximum atomic E-state index is 13.1. The van der Waals surface area contributed by atoms with Crippen LogP contribution in [0.1, 0.15) is 37.9 Å². The topological polar surface area (TPSA) is 26.9 Å². The van der Waals surface area contributed by atoms with Crippen molar-refractivity contribution in [2.75, 3.05) is 5.88 Å². The summed E-state index contributed by atoms with van der Waals surface area (Å²) in [7, 11) is 0. The van der Waals surface area contributed by atoms with Gasteiger partial charge in [0.25, 0.3) is 0 Å². The second-order valence-electron chi connectivity index (χ2n) is 6.01. The molecule has 0 unspecified atom stereocenters. The van der Waals surface area contributed by atoms with Crippen LogP contribution < -0.4 is 5.69 Å². The van der Waals surface area contributed by atoms with Crippen molar-refractivity contribution in [2.24, 2.45) is 0 Å². The zero-order valence-electron chi connectivity index (χ0n) is 13.4. The normalized spacial score (nSPS) is 12.9. The Morgan fingerprint density at radius 2 is 1.48 bits per heavy atom. The SMILES string of the molecule is CC(C)n1c(=O)n([C@H](CCCl)c2ccccc2)c2ccccc21. The van der Waals surface area contributed by atoms with Crippen LogP contribution in [0.15, 0.2) is 59.4 Å². The largest absolute Gasteiger partial charge is 0.329 e. The van der Waals surface area contributed by atoms with Gasteiger partial charge in [-0.1, -0.05) is 42.5 Å². The smallest absolute Gasteiger partial charge is 0.289 e. The molecule has 0 bridgehead atoms. The Labute approximate surface area is 141 Å². The highest BCUT2D eigenvalue weighted by Crippen LogP contribution is 2.27. The van der Waals surface area contributed by atoms with E-state index < -0.39 is 0 Å². The monoisotopic (exact) mass is 328 g/mol. The highest BCUT2D eigenvalue weighted by Gasteiger charge is 2.22. The number of alkyl halides is 1. The number of imidazole rings is 1. The zero-order valence-corrected chi connectivity index (χ0v) is 14.2. The summed E-state index contributed by atoms with van der Waals surface area (Å²) < 4.78 is 3.76. The van der Waals surface area contributed by atoms with E-state index in [4.69, 9.17) is 11.6 Å². The Hall–Kier alpha value is -2.00. The van der Waals surface area contributed by atoms with Crippen molar-refractivity contribution >= 4 is 22.6 Å². The maximum absolute atomic E-state index is 13.1. The quantitative estimate of drug-likeness (QED) is 0.629. The van der Waals surface area contributed by atoms with E-state index in [9.17, 15) is 4.79 Å². The summed E-state index contributed by atoms with van der Waals surface area (Å²) in [6.07, 6.45) is 0.720. The Morgan fingerprint density at radius 3 is 2.04 bits per heavy atom. The first kappa shape index (κ1) is 15.9. The lowest BCUT2D eigenvalue weighted by Gasteiger charge is -2.18. The van der Waals surface area contributed by atoms with Crippen molar-refractivity contribution in [2.45, 2.75) is 32.4 Å². The lowest BCUT2D eigenvalue weighted by Crippen LogP contribution is -2.29. The first-order valence-corrected chi connectivity index (χ1v) is 8.51.